The number of aromatic amines is 1. The second-order valence-corrected chi connectivity index (χ2v) is 3.83. The fourth-order valence-corrected chi connectivity index (χ4v) is 1.75. The monoisotopic (exact) mass is 232 g/mol. The first-order chi connectivity index (χ1) is 7.99. The number of carbonyl (C=O) groups is 1. The standard InChI is InChI=1S/C12H12N2O3/c1-6-11(14-7(2)13-6)8-3-4-10(15)9(5-8)12(16)17/h3-5,15H,1-2H3,(H,13,14)(H,16,17). The number of imidazole rings is 1. The molecule has 1 heterocycles. The molecule has 0 atom stereocenters. The number of phenols is 1. The SMILES string of the molecule is Cc1nc(-c2ccc(O)c(C(=O)O)c2)c(C)[nH]1. The Balaban J connectivity index is 2.57. The van der Waals surface area contributed by atoms with Crippen LogP contribution >= 0.6 is 0 Å². The van der Waals surface area contributed by atoms with Gasteiger partial charge < -0.3 is 15.2 Å². The van der Waals surface area contributed by atoms with E-state index in [2.05, 4.69) is 9.97 Å². The number of carboxylic acid groups (broad SMARTS) is 1. The van der Waals surface area contributed by atoms with E-state index in [1.165, 1.54) is 12.1 Å². The van der Waals surface area contributed by atoms with Crippen molar-refractivity contribution in [3.63, 3.8) is 0 Å². The van der Waals surface area contributed by atoms with Crippen LogP contribution in [0, 0.1) is 13.8 Å². The Kier molecular flexibility index (Phi) is 2.59. The minimum atomic E-state index is -1.16. The molecule has 88 valence electrons. The molecule has 1 aromatic heterocycles. The van der Waals surface area contributed by atoms with Crippen molar-refractivity contribution in [3.8, 4) is 17.0 Å². The smallest absolute Gasteiger partial charge is 0.339 e. The zero-order valence-corrected chi connectivity index (χ0v) is 9.48. The highest BCUT2D eigenvalue weighted by Crippen LogP contribution is 2.26. The summed E-state index contributed by atoms with van der Waals surface area (Å²) in [7, 11) is 0. The first-order valence-corrected chi connectivity index (χ1v) is 5.09. The van der Waals surface area contributed by atoms with E-state index in [0.29, 0.717) is 11.3 Å². The molecule has 2 aromatic rings. The number of aromatic nitrogens is 2. The van der Waals surface area contributed by atoms with E-state index < -0.39 is 5.97 Å². The lowest BCUT2D eigenvalue weighted by molar-refractivity contribution is 0.0694. The summed E-state index contributed by atoms with van der Waals surface area (Å²) in [4.78, 5) is 18.2. The molecule has 0 amide bonds. The van der Waals surface area contributed by atoms with Crippen molar-refractivity contribution in [2.75, 3.05) is 0 Å². The van der Waals surface area contributed by atoms with Crippen molar-refractivity contribution in [2.24, 2.45) is 0 Å². The maximum atomic E-state index is 10.9. The van der Waals surface area contributed by atoms with E-state index in [9.17, 15) is 9.90 Å². The number of rotatable bonds is 2. The summed E-state index contributed by atoms with van der Waals surface area (Å²) >= 11 is 0. The van der Waals surface area contributed by atoms with Crippen LogP contribution in [0.4, 0.5) is 0 Å². The molecule has 5 nitrogen and oxygen atoms in total. The van der Waals surface area contributed by atoms with Crippen molar-refractivity contribution < 1.29 is 15.0 Å². The van der Waals surface area contributed by atoms with Gasteiger partial charge in [-0.05, 0) is 32.0 Å². The number of aromatic hydroxyl groups is 1. The lowest BCUT2D eigenvalue weighted by Gasteiger charge is -2.03. The molecule has 0 saturated carbocycles. The topological polar surface area (TPSA) is 86.2 Å². The Bertz CT molecular complexity index is 587. The Labute approximate surface area is 97.8 Å². The number of nitrogens with zero attached hydrogens (tertiary/aromatic N) is 1. The third-order valence-corrected chi connectivity index (χ3v) is 2.50. The number of carboxylic acids is 1. The normalized spacial score (nSPS) is 10.5. The minimum absolute atomic E-state index is 0.123. The molecule has 0 aliphatic heterocycles. The van der Waals surface area contributed by atoms with E-state index >= 15 is 0 Å². The number of aromatic carboxylic acids is 1. The van der Waals surface area contributed by atoms with Gasteiger partial charge in [0.05, 0.1) is 5.69 Å². The van der Waals surface area contributed by atoms with E-state index in [-0.39, 0.29) is 11.3 Å². The van der Waals surface area contributed by atoms with Gasteiger partial charge in [-0.25, -0.2) is 9.78 Å². The Morgan fingerprint density at radius 2 is 2.06 bits per heavy atom. The second kappa shape index (κ2) is 3.93. The molecule has 1 aromatic carbocycles. The average Bonchev–Trinajstić information content (AvgIpc) is 2.58. The van der Waals surface area contributed by atoms with E-state index in [1.54, 1.807) is 6.07 Å². The fraction of sp³-hybridized carbons (Fsp3) is 0.167. The van der Waals surface area contributed by atoms with E-state index in [0.717, 1.165) is 11.5 Å². The summed E-state index contributed by atoms with van der Waals surface area (Å²) in [6, 6.07) is 4.42. The number of H-pyrrole nitrogens is 1. The molecule has 0 bridgehead atoms. The molecule has 2 rings (SSSR count). The first-order valence-electron chi connectivity index (χ1n) is 5.09. The largest absolute Gasteiger partial charge is 0.507 e. The van der Waals surface area contributed by atoms with Crippen molar-refractivity contribution in [2.45, 2.75) is 13.8 Å². The third-order valence-electron chi connectivity index (χ3n) is 2.50. The molecule has 17 heavy (non-hydrogen) atoms. The van der Waals surface area contributed by atoms with Gasteiger partial charge in [0.25, 0.3) is 0 Å². The lowest BCUT2D eigenvalue weighted by atomic mass is 10.1. The van der Waals surface area contributed by atoms with Crippen LogP contribution in [0.15, 0.2) is 18.2 Å². The first kappa shape index (κ1) is 11.2. The van der Waals surface area contributed by atoms with E-state index in [1.807, 2.05) is 13.8 Å². The van der Waals surface area contributed by atoms with Gasteiger partial charge in [-0.3, -0.25) is 0 Å². The molecule has 3 N–H and O–H groups in total. The Hall–Kier alpha value is -2.30. The summed E-state index contributed by atoms with van der Waals surface area (Å²) < 4.78 is 0. The molecular formula is C12H12N2O3. The van der Waals surface area contributed by atoms with Crippen LogP contribution in [-0.4, -0.2) is 26.2 Å². The summed E-state index contributed by atoms with van der Waals surface area (Å²) in [6.45, 7) is 3.69. The highest BCUT2D eigenvalue weighted by Gasteiger charge is 2.13. The van der Waals surface area contributed by atoms with Crippen LogP contribution in [0.1, 0.15) is 21.9 Å². The van der Waals surface area contributed by atoms with Crippen LogP contribution in [0.5, 0.6) is 5.75 Å². The number of nitrogens with one attached hydrogen (secondary N) is 1. The van der Waals surface area contributed by atoms with Gasteiger partial charge in [0.2, 0.25) is 0 Å². The lowest BCUT2D eigenvalue weighted by Crippen LogP contribution is -1.97. The zero-order valence-electron chi connectivity index (χ0n) is 9.48. The number of hydrogen-bond acceptors (Lipinski definition) is 3. The molecule has 0 radical (unpaired) electrons. The van der Waals surface area contributed by atoms with Crippen LogP contribution in [0.2, 0.25) is 0 Å². The van der Waals surface area contributed by atoms with E-state index in [4.69, 9.17) is 5.11 Å². The number of benzene rings is 1. The fourth-order valence-electron chi connectivity index (χ4n) is 1.75. The van der Waals surface area contributed by atoms with Gasteiger partial charge in [0, 0.05) is 11.3 Å². The van der Waals surface area contributed by atoms with Gasteiger partial charge in [-0.2, -0.15) is 0 Å². The molecule has 0 aliphatic carbocycles. The Morgan fingerprint density at radius 1 is 1.35 bits per heavy atom. The van der Waals surface area contributed by atoms with Gasteiger partial charge >= 0.3 is 5.97 Å². The molecular weight excluding hydrogens is 220 g/mol. The second-order valence-electron chi connectivity index (χ2n) is 3.83. The summed E-state index contributed by atoms with van der Waals surface area (Å²) in [6.07, 6.45) is 0. The molecule has 0 spiro atoms. The van der Waals surface area contributed by atoms with Gasteiger partial charge in [0.15, 0.2) is 0 Å². The van der Waals surface area contributed by atoms with Crippen LogP contribution in [0.25, 0.3) is 11.3 Å². The molecule has 0 saturated heterocycles. The Morgan fingerprint density at radius 3 is 2.59 bits per heavy atom. The van der Waals surface area contributed by atoms with Crippen LogP contribution < -0.4 is 0 Å². The summed E-state index contributed by atoms with van der Waals surface area (Å²) in [5, 5.41) is 18.3. The van der Waals surface area contributed by atoms with Crippen molar-refractivity contribution in [1.29, 1.82) is 0 Å². The summed E-state index contributed by atoms with van der Waals surface area (Å²) in [5.74, 6) is -0.636. The number of aryl methyl sites for hydroxylation is 2. The maximum Gasteiger partial charge on any atom is 0.339 e. The maximum absolute atomic E-state index is 10.9. The van der Waals surface area contributed by atoms with Crippen LogP contribution in [-0.2, 0) is 0 Å². The third kappa shape index (κ3) is 1.99. The average molecular weight is 232 g/mol. The molecule has 5 heteroatoms. The van der Waals surface area contributed by atoms with Gasteiger partial charge in [-0.15, -0.1) is 0 Å². The number of hydrogen-bond donors (Lipinski definition) is 3. The van der Waals surface area contributed by atoms with Gasteiger partial charge in [-0.1, -0.05) is 0 Å². The highest BCUT2D eigenvalue weighted by atomic mass is 16.4. The van der Waals surface area contributed by atoms with Crippen molar-refractivity contribution in [3.05, 3.63) is 35.3 Å². The predicted molar refractivity (Wildman–Crippen MR) is 62.1 cm³/mol. The minimum Gasteiger partial charge on any atom is -0.507 e. The van der Waals surface area contributed by atoms with Crippen molar-refractivity contribution >= 4 is 5.97 Å². The predicted octanol–water partition coefficient (Wildman–Crippen LogP) is 2.10. The highest BCUT2D eigenvalue weighted by molar-refractivity contribution is 5.92. The summed E-state index contributed by atoms with van der Waals surface area (Å²) in [5.41, 5.74) is 2.11. The molecule has 0 unspecified atom stereocenters. The van der Waals surface area contributed by atoms with Crippen LogP contribution in [0.3, 0.4) is 0 Å². The van der Waals surface area contributed by atoms with Crippen molar-refractivity contribution in [1.82, 2.24) is 9.97 Å². The van der Waals surface area contributed by atoms with Gasteiger partial charge in [0.1, 0.15) is 17.1 Å². The zero-order chi connectivity index (χ0) is 12.6. The molecule has 0 fully saturated rings. The quantitative estimate of drug-likeness (QED) is 0.740. The molecule has 0 aliphatic rings.